The lowest BCUT2D eigenvalue weighted by Crippen LogP contribution is -2.15. The van der Waals surface area contributed by atoms with Gasteiger partial charge in [-0.15, -0.1) is 5.10 Å². The number of para-hydroxylation sites is 1. The van der Waals surface area contributed by atoms with Gasteiger partial charge in [-0.05, 0) is 11.6 Å². The minimum Gasteiger partial charge on any atom is -0.379 e. The Balaban J connectivity index is 2.06. The van der Waals surface area contributed by atoms with Crippen molar-refractivity contribution in [3.8, 4) is 0 Å². The molecule has 0 aliphatic rings. The van der Waals surface area contributed by atoms with Crippen LogP contribution in [0.2, 0.25) is 0 Å². The van der Waals surface area contributed by atoms with E-state index >= 15 is 0 Å². The lowest BCUT2D eigenvalue weighted by atomic mass is 10.1. The number of amides is 1. The van der Waals surface area contributed by atoms with Gasteiger partial charge in [0.1, 0.15) is 5.69 Å². The van der Waals surface area contributed by atoms with Gasteiger partial charge in [0.15, 0.2) is 0 Å². The van der Waals surface area contributed by atoms with Crippen LogP contribution in [-0.4, -0.2) is 20.9 Å². The van der Waals surface area contributed by atoms with E-state index in [9.17, 15) is 4.79 Å². The van der Waals surface area contributed by atoms with E-state index < -0.39 is 0 Å². The lowest BCUT2D eigenvalue weighted by molar-refractivity contribution is -0.117. The van der Waals surface area contributed by atoms with Crippen LogP contribution in [0.4, 0.5) is 5.69 Å². The van der Waals surface area contributed by atoms with Crippen LogP contribution in [-0.2, 0) is 24.8 Å². The van der Waals surface area contributed by atoms with E-state index in [-0.39, 0.29) is 12.3 Å². The van der Waals surface area contributed by atoms with Crippen molar-refractivity contribution in [2.75, 3.05) is 5.32 Å². The summed E-state index contributed by atoms with van der Waals surface area (Å²) in [6, 6.07) is 7.58. The van der Waals surface area contributed by atoms with Crippen molar-refractivity contribution in [1.29, 1.82) is 0 Å². The van der Waals surface area contributed by atoms with Gasteiger partial charge in [-0.3, -0.25) is 9.48 Å². The van der Waals surface area contributed by atoms with Gasteiger partial charge in [-0.25, -0.2) is 0 Å². The van der Waals surface area contributed by atoms with Gasteiger partial charge in [0.05, 0.1) is 13.0 Å². The monoisotopic (exact) mass is 245 g/mol. The zero-order valence-corrected chi connectivity index (χ0v) is 10.1. The van der Waals surface area contributed by atoms with Crippen molar-refractivity contribution in [2.45, 2.75) is 13.0 Å². The molecule has 1 amide bonds. The van der Waals surface area contributed by atoms with E-state index in [1.165, 1.54) is 0 Å². The molecule has 2 aromatic rings. The van der Waals surface area contributed by atoms with E-state index in [1.807, 2.05) is 37.5 Å². The molecular weight excluding hydrogens is 230 g/mol. The zero-order valence-electron chi connectivity index (χ0n) is 10.1. The van der Waals surface area contributed by atoms with Gasteiger partial charge < -0.3 is 11.1 Å². The Morgan fingerprint density at radius 1 is 1.44 bits per heavy atom. The zero-order chi connectivity index (χ0) is 13.0. The first-order valence-electron chi connectivity index (χ1n) is 5.60. The summed E-state index contributed by atoms with van der Waals surface area (Å²) < 4.78 is 1.65. The number of nitrogens with one attached hydrogen (secondary N) is 1. The summed E-state index contributed by atoms with van der Waals surface area (Å²) in [6.45, 7) is 0.559. The van der Waals surface area contributed by atoms with E-state index in [1.54, 1.807) is 4.68 Å². The van der Waals surface area contributed by atoms with Crippen molar-refractivity contribution in [3.63, 3.8) is 0 Å². The highest BCUT2D eigenvalue weighted by atomic mass is 16.1. The van der Waals surface area contributed by atoms with Gasteiger partial charge >= 0.3 is 0 Å². The summed E-state index contributed by atoms with van der Waals surface area (Å²) in [4.78, 5) is 11.0. The van der Waals surface area contributed by atoms with Crippen LogP contribution in [0.25, 0.3) is 0 Å². The molecule has 1 heterocycles. The number of benzene rings is 1. The van der Waals surface area contributed by atoms with E-state index in [0.29, 0.717) is 6.54 Å². The number of primary amides is 1. The fourth-order valence-electron chi connectivity index (χ4n) is 1.70. The van der Waals surface area contributed by atoms with Crippen molar-refractivity contribution in [2.24, 2.45) is 12.8 Å². The largest absolute Gasteiger partial charge is 0.379 e. The Kier molecular flexibility index (Phi) is 3.57. The Bertz CT molecular complexity index is 549. The fraction of sp³-hybridized carbons (Fsp3) is 0.250. The molecule has 0 bridgehead atoms. The Morgan fingerprint density at radius 2 is 2.22 bits per heavy atom. The number of nitrogens with zero attached hydrogens (tertiary/aromatic N) is 3. The van der Waals surface area contributed by atoms with Crippen LogP contribution in [0.5, 0.6) is 0 Å². The molecule has 3 N–H and O–H groups in total. The van der Waals surface area contributed by atoms with Crippen molar-refractivity contribution in [3.05, 3.63) is 41.7 Å². The Labute approximate surface area is 105 Å². The number of carbonyl (C=O) groups is 1. The fourth-order valence-corrected chi connectivity index (χ4v) is 1.70. The summed E-state index contributed by atoms with van der Waals surface area (Å²) in [5, 5.41) is 11.1. The van der Waals surface area contributed by atoms with Gasteiger partial charge in [0, 0.05) is 18.9 Å². The molecule has 0 unspecified atom stereocenters. The van der Waals surface area contributed by atoms with Gasteiger partial charge in [0.25, 0.3) is 0 Å². The minimum absolute atomic E-state index is 0.226. The predicted molar refractivity (Wildman–Crippen MR) is 67.7 cm³/mol. The molecule has 0 aliphatic heterocycles. The number of aryl methyl sites for hydroxylation is 1. The average Bonchev–Trinajstić information content (AvgIpc) is 2.73. The SMILES string of the molecule is Cn1cc(CNc2ccccc2CC(N)=O)nn1. The summed E-state index contributed by atoms with van der Waals surface area (Å²) in [5.41, 5.74) is 7.82. The molecule has 2 rings (SSSR count). The third kappa shape index (κ3) is 3.07. The highest BCUT2D eigenvalue weighted by Gasteiger charge is 2.05. The molecule has 1 aromatic heterocycles. The van der Waals surface area contributed by atoms with Gasteiger partial charge in [-0.1, -0.05) is 23.4 Å². The summed E-state index contributed by atoms with van der Waals surface area (Å²) in [6.07, 6.45) is 2.06. The summed E-state index contributed by atoms with van der Waals surface area (Å²) >= 11 is 0. The summed E-state index contributed by atoms with van der Waals surface area (Å²) in [7, 11) is 1.82. The normalized spacial score (nSPS) is 10.3. The maximum absolute atomic E-state index is 11.0. The maximum Gasteiger partial charge on any atom is 0.221 e. The molecule has 0 saturated carbocycles. The maximum atomic E-state index is 11.0. The van der Waals surface area contributed by atoms with Gasteiger partial charge in [0.2, 0.25) is 5.91 Å². The number of hydrogen-bond acceptors (Lipinski definition) is 4. The first-order valence-corrected chi connectivity index (χ1v) is 5.60. The number of hydrogen-bond donors (Lipinski definition) is 2. The van der Waals surface area contributed by atoms with E-state index in [0.717, 1.165) is 16.9 Å². The van der Waals surface area contributed by atoms with Crippen LogP contribution >= 0.6 is 0 Å². The molecular formula is C12H15N5O. The minimum atomic E-state index is -0.344. The molecule has 6 heteroatoms. The molecule has 0 radical (unpaired) electrons. The van der Waals surface area contributed by atoms with Crippen molar-refractivity contribution in [1.82, 2.24) is 15.0 Å². The molecule has 0 atom stereocenters. The highest BCUT2D eigenvalue weighted by molar-refractivity contribution is 5.78. The van der Waals surface area contributed by atoms with Crippen LogP contribution in [0, 0.1) is 0 Å². The Hall–Kier alpha value is -2.37. The quantitative estimate of drug-likeness (QED) is 0.801. The Morgan fingerprint density at radius 3 is 2.89 bits per heavy atom. The first-order chi connectivity index (χ1) is 8.65. The number of nitrogens with two attached hydrogens (primary N) is 1. The molecule has 1 aromatic carbocycles. The number of aromatic nitrogens is 3. The second kappa shape index (κ2) is 5.31. The smallest absolute Gasteiger partial charge is 0.221 e. The van der Waals surface area contributed by atoms with Crippen LogP contribution in [0.3, 0.4) is 0 Å². The van der Waals surface area contributed by atoms with Gasteiger partial charge in [-0.2, -0.15) is 0 Å². The predicted octanol–water partition coefficient (Wildman–Crippen LogP) is 0.455. The number of rotatable bonds is 5. The molecule has 94 valence electrons. The molecule has 0 aliphatic carbocycles. The summed E-state index contributed by atoms with van der Waals surface area (Å²) in [5.74, 6) is -0.344. The molecule has 18 heavy (non-hydrogen) atoms. The number of carbonyl (C=O) groups excluding carboxylic acids is 1. The van der Waals surface area contributed by atoms with Crippen molar-refractivity contribution >= 4 is 11.6 Å². The molecule has 0 spiro atoms. The second-order valence-electron chi connectivity index (χ2n) is 4.04. The van der Waals surface area contributed by atoms with Crippen LogP contribution < -0.4 is 11.1 Å². The lowest BCUT2D eigenvalue weighted by Gasteiger charge is -2.09. The average molecular weight is 245 g/mol. The second-order valence-corrected chi connectivity index (χ2v) is 4.04. The molecule has 0 fully saturated rings. The third-order valence-corrected chi connectivity index (χ3v) is 2.49. The standard InChI is InChI=1S/C12H15N5O/c1-17-8-10(15-16-17)7-14-11-5-3-2-4-9(11)6-12(13)18/h2-5,8,14H,6-7H2,1H3,(H2,13,18). The third-order valence-electron chi connectivity index (χ3n) is 2.49. The first kappa shape index (κ1) is 12.1. The van der Waals surface area contributed by atoms with E-state index in [2.05, 4.69) is 15.6 Å². The van der Waals surface area contributed by atoms with E-state index in [4.69, 9.17) is 5.73 Å². The van der Waals surface area contributed by atoms with Crippen molar-refractivity contribution < 1.29 is 4.79 Å². The van der Waals surface area contributed by atoms with Crippen LogP contribution in [0.15, 0.2) is 30.5 Å². The molecule has 0 saturated heterocycles. The highest BCUT2D eigenvalue weighted by Crippen LogP contribution is 2.16. The topological polar surface area (TPSA) is 85.8 Å². The number of anilines is 1. The molecule has 6 nitrogen and oxygen atoms in total. The van der Waals surface area contributed by atoms with Crippen LogP contribution in [0.1, 0.15) is 11.3 Å².